The van der Waals surface area contributed by atoms with Gasteiger partial charge < -0.3 is 14.8 Å². The summed E-state index contributed by atoms with van der Waals surface area (Å²) in [6.45, 7) is 6.65. The number of aryl methyl sites for hydroxylation is 2. The van der Waals surface area contributed by atoms with Crippen molar-refractivity contribution in [3.05, 3.63) is 91.0 Å². The van der Waals surface area contributed by atoms with Crippen LogP contribution in [0.2, 0.25) is 5.02 Å². The standard InChI is InChI=1S/C27H24ClIN2O3/c1-4-33-25-14-20(13-24(29)26(25)34-16-19-6-8-22(28)9-7-19)12-21(15-30)27(32)31-23-10-5-17(2)18(3)11-23/h5-14H,4,16H2,1-3H3,(H,31,32)/b21-12+. The van der Waals surface area contributed by atoms with Gasteiger partial charge in [-0.15, -0.1) is 0 Å². The van der Waals surface area contributed by atoms with Crippen LogP contribution in [0.5, 0.6) is 11.5 Å². The lowest BCUT2D eigenvalue weighted by atomic mass is 10.1. The molecular formula is C27H24ClIN2O3. The molecule has 0 bridgehead atoms. The van der Waals surface area contributed by atoms with Crippen LogP contribution in [0.15, 0.2) is 60.2 Å². The van der Waals surface area contributed by atoms with Crippen molar-refractivity contribution in [3.63, 3.8) is 0 Å². The van der Waals surface area contributed by atoms with E-state index in [4.69, 9.17) is 21.1 Å². The monoisotopic (exact) mass is 586 g/mol. The lowest BCUT2D eigenvalue weighted by Gasteiger charge is -2.15. The summed E-state index contributed by atoms with van der Waals surface area (Å²) in [4.78, 5) is 12.7. The highest BCUT2D eigenvalue weighted by molar-refractivity contribution is 14.1. The largest absolute Gasteiger partial charge is 0.490 e. The van der Waals surface area contributed by atoms with E-state index in [0.717, 1.165) is 20.3 Å². The molecule has 3 rings (SSSR count). The quantitative estimate of drug-likeness (QED) is 0.174. The molecule has 0 fully saturated rings. The second kappa shape index (κ2) is 11.9. The van der Waals surface area contributed by atoms with E-state index in [1.165, 1.54) is 0 Å². The second-order valence-electron chi connectivity index (χ2n) is 7.60. The highest BCUT2D eigenvalue weighted by Crippen LogP contribution is 2.35. The Labute approximate surface area is 218 Å². The number of anilines is 1. The van der Waals surface area contributed by atoms with Gasteiger partial charge >= 0.3 is 0 Å². The molecule has 1 amide bonds. The fourth-order valence-corrected chi connectivity index (χ4v) is 4.05. The topological polar surface area (TPSA) is 71.3 Å². The molecule has 0 aliphatic heterocycles. The molecule has 34 heavy (non-hydrogen) atoms. The minimum absolute atomic E-state index is 0.00805. The van der Waals surface area contributed by atoms with Crippen LogP contribution in [-0.2, 0) is 11.4 Å². The second-order valence-corrected chi connectivity index (χ2v) is 9.20. The van der Waals surface area contributed by atoms with Crippen molar-refractivity contribution in [2.45, 2.75) is 27.4 Å². The number of carbonyl (C=O) groups excluding carboxylic acids is 1. The Balaban J connectivity index is 1.84. The van der Waals surface area contributed by atoms with Gasteiger partial charge in [0.05, 0.1) is 10.2 Å². The Kier molecular flexibility index (Phi) is 8.97. The predicted molar refractivity (Wildman–Crippen MR) is 144 cm³/mol. The first-order valence-corrected chi connectivity index (χ1v) is 12.1. The predicted octanol–water partition coefficient (Wildman–Crippen LogP) is 7.08. The average Bonchev–Trinajstić information content (AvgIpc) is 2.80. The van der Waals surface area contributed by atoms with Gasteiger partial charge in [-0.2, -0.15) is 5.26 Å². The van der Waals surface area contributed by atoms with Gasteiger partial charge in [-0.1, -0.05) is 29.8 Å². The Morgan fingerprint density at radius 1 is 1.09 bits per heavy atom. The lowest BCUT2D eigenvalue weighted by Crippen LogP contribution is -2.13. The highest BCUT2D eigenvalue weighted by Gasteiger charge is 2.15. The summed E-state index contributed by atoms with van der Waals surface area (Å²) in [5.41, 5.74) is 4.46. The summed E-state index contributed by atoms with van der Waals surface area (Å²) in [6, 6.07) is 18.7. The van der Waals surface area contributed by atoms with Crippen LogP contribution in [0.3, 0.4) is 0 Å². The number of nitriles is 1. The molecule has 3 aromatic carbocycles. The first-order valence-electron chi connectivity index (χ1n) is 10.6. The zero-order valence-electron chi connectivity index (χ0n) is 19.1. The Hall–Kier alpha value is -3.02. The van der Waals surface area contributed by atoms with Gasteiger partial charge in [0.1, 0.15) is 18.2 Å². The molecule has 3 aromatic rings. The van der Waals surface area contributed by atoms with Crippen LogP contribution in [-0.4, -0.2) is 12.5 Å². The van der Waals surface area contributed by atoms with Gasteiger partial charge in [0.15, 0.2) is 11.5 Å². The SMILES string of the molecule is CCOc1cc(/C=C(\C#N)C(=O)Nc2ccc(C)c(C)c2)cc(I)c1OCc1ccc(Cl)cc1. The van der Waals surface area contributed by atoms with Gasteiger partial charge in [0.2, 0.25) is 0 Å². The maximum absolute atomic E-state index is 12.7. The number of rotatable bonds is 8. The number of amides is 1. The Morgan fingerprint density at radius 3 is 2.47 bits per heavy atom. The first kappa shape index (κ1) is 25.6. The molecule has 5 nitrogen and oxygen atoms in total. The van der Waals surface area contributed by atoms with E-state index in [1.54, 1.807) is 12.1 Å². The molecule has 0 saturated carbocycles. The normalized spacial score (nSPS) is 11.0. The van der Waals surface area contributed by atoms with E-state index in [-0.39, 0.29) is 5.57 Å². The molecule has 0 radical (unpaired) electrons. The fraction of sp³-hybridized carbons (Fsp3) is 0.185. The molecule has 1 N–H and O–H groups in total. The van der Waals surface area contributed by atoms with Crippen molar-refractivity contribution in [1.82, 2.24) is 0 Å². The molecule has 0 atom stereocenters. The summed E-state index contributed by atoms with van der Waals surface area (Å²) in [5, 5.41) is 13.1. The summed E-state index contributed by atoms with van der Waals surface area (Å²) in [7, 11) is 0. The van der Waals surface area contributed by atoms with Crippen molar-refractivity contribution < 1.29 is 14.3 Å². The fourth-order valence-electron chi connectivity index (χ4n) is 3.14. The number of ether oxygens (including phenoxy) is 2. The molecule has 0 saturated heterocycles. The van der Waals surface area contributed by atoms with Crippen LogP contribution in [0, 0.1) is 28.7 Å². The number of halogens is 2. The maximum Gasteiger partial charge on any atom is 0.266 e. The van der Waals surface area contributed by atoms with Crippen molar-refractivity contribution in [1.29, 1.82) is 5.26 Å². The van der Waals surface area contributed by atoms with E-state index in [9.17, 15) is 10.1 Å². The van der Waals surface area contributed by atoms with Crippen LogP contribution in [0.25, 0.3) is 6.08 Å². The van der Waals surface area contributed by atoms with Gasteiger partial charge in [-0.05, 0) is 108 Å². The smallest absolute Gasteiger partial charge is 0.266 e. The van der Waals surface area contributed by atoms with Gasteiger partial charge in [-0.25, -0.2) is 0 Å². The number of benzene rings is 3. The molecule has 0 aromatic heterocycles. The number of nitrogens with one attached hydrogen (secondary N) is 1. The number of carbonyl (C=O) groups is 1. The summed E-state index contributed by atoms with van der Waals surface area (Å²) in [6.07, 6.45) is 1.55. The summed E-state index contributed by atoms with van der Waals surface area (Å²) >= 11 is 8.12. The highest BCUT2D eigenvalue weighted by atomic mass is 127. The molecular weight excluding hydrogens is 563 g/mol. The molecule has 174 valence electrons. The van der Waals surface area contributed by atoms with Crippen LogP contribution < -0.4 is 14.8 Å². The minimum Gasteiger partial charge on any atom is -0.490 e. The van der Waals surface area contributed by atoms with Crippen molar-refractivity contribution in [3.8, 4) is 17.6 Å². The van der Waals surface area contributed by atoms with Gasteiger partial charge in [0.25, 0.3) is 5.91 Å². The van der Waals surface area contributed by atoms with Crippen LogP contribution in [0.4, 0.5) is 5.69 Å². The maximum atomic E-state index is 12.7. The van der Waals surface area contributed by atoms with E-state index in [1.807, 2.05) is 75.4 Å². The van der Waals surface area contributed by atoms with Crippen molar-refractivity contribution in [2.75, 3.05) is 11.9 Å². The molecule has 0 spiro atoms. The lowest BCUT2D eigenvalue weighted by molar-refractivity contribution is -0.112. The van der Waals surface area contributed by atoms with Gasteiger partial charge in [-0.3, -0.25) is 4.79 Å². The summed E-state index contributed by atoms with van der Waals surface area (Å²) < 4.78 is 12.6. The first-order chi connectivity index (χ1) is 16.3. The van der Waals surface area contributed by atoms with Gasteiger partial charge in [0, 0.05) is 10.7 Å². The Morgan fingerprint density at radius 2 is 1.82 bits per heavy atom. The zero-order chi connectivity index (χ0) is 24.7. The number of nitrogens with zero attached hydrogens (tertiary/aromatic N) is 1. The number of hydrogen-bond acceptors (Lipinski definition) is 4. The third-order valence-electron chi connectivity index (χ3n) is 5.07. The van der Waals surface area contributed by atoms with Crippen LogP contribution in [0.1, 0.15) is 29.2 Å². The van der Waals surface area contributed by atoms with Crippen LogP contribution >= 0.6 is 34.2 Å². The average molecular weight is 587 g/mol. The minimum atomic E-state index is -0.471. The molecule has 0 heterocycles. The Bertz CT molecular complexity index is 1260. The number of hydrogen-bond donors (Lipinski definition) is 1. The van der Waals surface area contributed by atoms with Crippen molar-refractivity contribution in [2.24, 2.45) is 0 Å². The molecule has 0 aliphatic carbocycles. The molecule has 0 aliphatic rings. The van der Waals surface area contributed by atoms with E-state index in [0.29, 0.717) is 41.0 Å². The molecule has 0 unspecified atom stereocenters. The van der Waals surface area contributed by atoms with E-state index in [2.05, 4.69) is 27.9 Å². The summed E-state index contributed by atoms with van der Waals surface area (Å²) in [5.74, 6) is 0.677. The third-order valence-corrected chi connectivity index (χ3v) is 6.12. The molecule has 7 heteroatoms. The van der Waals surface area contributed by atoms with Crippen molar-refractivity contribution >= 4 is 51.9 Å². The van der Waals surface area contributed by atoms with E-state index < -0.39 is 5.91 Å². The third kappa shape index (κ3) is 6.75. The zero-order valence-corrected chi connectivity index (χ0v) is 22.0. The van der Waals surface area contributed by atoms with E-state index >= 15 is 0 Å².